The number of primary amides is 1. The van der Waals surface area contributed by atoms with Crippen molar-refractivity contribution in [1.82, 2.24) is 9.55 Å². The number of fused-ring (bicyclic) bond motifs is 3. The molecule has 1 unspecified atom stereocenters. The molecule has 0 radical (unpaired) electrons. The van der Waals surface area contributed by atoms with Gasteiger partial charge in [0.2, 0.25) is 5.91 Å². The zero-order chi connectivity index (χ0) is 19.8. The Balaban J connectivity index is 1.89. The van der Waals surface area contributed by atoms with Crippen LogP contribution in [0.15, 0.2) is 29.1 Å². The van der Waals surface area contributed by atoms with Crippen molar-refractivity contribution < 1.29 is 4.79 Å². The van der Waals surface area contributed by atoms with Crippen LogP contribution in [0.1, 0.15) is 42.2 Å². The van der Waals surface area contributed by atoms with Gasteiger partial charge in [-0.15, -0.1) is 11.3 Å². The van der Waals surface area contributed by atoms with Crippen LogP contribution < -0.4 is 11.3 Å². The number of aromatic nitrogens is 2. The maximum absolute atomic E-state index is 13.5. The highest BCUT2D eigenvalue weighted by Crippen LogP contribution is 2.36. The molecule has 5 nitrogen and oxygen atoms in total. The molecule has 0 fully saturated rings. The number of nitrogens with two attached hydrogens (primary N) is 1. The number of hydrogen-bond donors (Lipinski definition) is 1. The summed E-state index contributed by atoms with van der Waals surface area (Å²) in [5.41, 5.74) is 8.58. The zero-order valence-electron chi connectivity index (χ0n) is 16.3. The Labute approximate surface area is 168 Å². The third kappa shape index (κ3) is 3.49. The van der Waals surface area contributed by atoms with Crippen LogP contribution in [-0.2, 0) is 24.2 Å². The molecule has 1 amide bonds. The summed E-state index contributed by atoms with van der Waals surface area (Å²) in [4.78, 5) is 31.8. The molecule has 0 spiro atoms. The number of carbonyl (C=O) groups excluding carboxylic acids is 1. The fourth-order valence-electron chi connectivity index (χ4n) is 3.97. The summed E-state index contributed by atoms with van der Waals surface area (Å²) in [6.45, 7) is 4.74. The van der Waals surface area contributed by atoms with E-state index in [0.29, 0.717) is 24.7 Å². The molecule has 1 aliphatic carbocycles. The van der Waals surface area contributed by atoms with E-state index in [1.165, 1.54) is 10.4 Å². The largest absolute Gasteiger partial charge is 0.370 e. The molecule has 1 aromatic carbocycles. The van der Waals surface area contributed by atoms with Crippen molar-refractivity contribution in [3.05, 3.63) is 50.6 Å². The Kier molecular flexibility index (Phi) is 5.06. The van der Waals surface area contributed by atoms with Crippen LogP contribution in [0, 0.1) is 12.8 Å². The standard InChI is InChI=1S/C22H25N3O2S/c1-13-5-8-15(9-6-13)20-24-21-19(16-10-7-14(2)12-17(16)28-21)22(27)25(20)11-3-4-18(23)26/h5-6,8-9,14H,3-4,7,10-12H2,1-2H3,(H2,23,26). The number of benzene rings is 1. The molecule has 0 bridgehead atoms. The first kappa shape index (κ1) is 18.9. The summed E-state index contributed by atoms with van der Waals surface area (Å²) in [5.74, 6) is 0.976. The number of thiophene rings is 1. The Morgan fingerprint density at radius 1 is 1.32 bits per heavy atom. The molecule has 1 atom stereocenters. The van der Waals surface area contributed by atoms with Crippen LogP contribution >= 0.6 is 11.3 Å². The van der Waals surface area contributed by atoms with Crippen molar-refractivity contribution in [2.75, 3.05) is 0 Å². The van der Waals surface area contributed by atoms with Crippen molar-refractivity contribution in [3.63, 3.8) is 0 Å². The molecule has 2 N–H and O–H groups in total. The second kappa shape index (κ2) is 7.51. The summed E-state index contributed by atoms with van der Waals surface area (Å²) >= 11 is 1.67. The van der Waals surface area contributed by atoms with Crippen LogP contribution in [-0.4, -0.2) is 15.5 Å². The number of rotatable bonds is 5. The molecule has 2 aromatic heterocycles. The molecule has 3 aromatic rings. The summed E-state index contributed by atoms with van der Waals surface area (Å²) < 4.78 is 1.74. The fraction of sp³-hybridized carbons (Fsp3) is 0.409. The fourth-order valence-corrected chi connectivity index (χ4v) is 5.34. The van der Waals surface area contributed by atoms with Gasteiger partial charge in [0.15, 0.2) is 0 Å². The van der Waals surface area contributed by atoms with Gasteiger partial charge in [-0.3, -0.25) is 14.2 Å². The average molecular weight is 396 g/mol. The van der Waals surface area contributed by atoms with Gasteiger partial charge in [0, 0.05) is 23.4 Å². The van der Waals surface area contributed by atoms with Gasteiger partial charge in [-0.25, -0.2) is 4.98 Å². The van der Waals surface area contributed by atoms with E-state index in [0.717, 1.165) is 40.6 Å². The van der Waals surface area contributed by atoms with E-state index < -0.39 is 0 Å². The predicted molar refractivity (Wildman–Crippen MR) is 114 cm³/mol. The predicted octanol–water partition coefficient (Wildman–Crippen LogP) is 3.82. The van der Waals surface area contributed by atoms with Gasteiger partial charge >= 0.3 is 0 Å². The third-order valence-electron chi connectivity index (χ3n) is 5.53. The quantitative estimate of drug-likeness (QED) is 0.713. The molecule has 1 aliphatic rings. The summed E-state index contributed by atoms with van der Waals surface area (Å²) in [5, 5.41) is 0.779. The lowest BCUT2D eigenvalue weighted by Gasteiger charge is -2.18. The lowest BCUT2D eigenvalue weighted by Crippen LogP contribution is -2.25. The molecule has 4 rings (SSSR count). The third-order valence-corrected chi connectivity index (χ3v) is 6.68. The van der Waals surface area contributed by atoms with Crippen LogP contribution in [0.4, 0.5) is 0 Å². The lowest BCUT2D eigenvalue weighted by atomic mass is 9.89. The van der Waals surface area contributed by atoms with Gasteiger partial charge in [0.1, 0.15) is 10.7 Å². The van der Waals surface area contributed by atoms with Gasteiger partial charge < -0.3 is 5.73 Å². The first-order chi connectivity index (χ1) is 13.4. The van der Waals surface area contributed by atoms with Gasteiger partial charge in [-0.05, 0) is 44.1 Å². The normalized spacial score (nSPS) is 16.3. The number of hydrogen-bond acceptors (Lipinski definition) is 4. The first-order valence-corrected chi connectivity index (χ1v) is 10.7. The van der Waals surface area contributed by atoms with Crippen molar-refractivity contribution >= 4 is 27.5 Å². The number of carbonyl (C=O) groups is 1. The minimum Gasteiger partial charge on any atom is -0.370 e. The van der Waals surface area contributed by atoms with Crippen molar-refractivity contribution in [2.45, 2.75) is 52.5 Å². The van der Waals surface area contributed by atoms with Crippen molar-refractivity contribution in [2.24, 2.45) is 11.7 Å². The highest BCUT2D eigenvalue weighted by Gasteiger charge is 2.24. The van der Waals surface area contributed by atoms with E-state index in [9.17, 15) is 9.59 Å². The molecule has 28 heavy (non-hydrogen) atoms. The SMILES string of the molecule is Cc1ccc(-c2nc3sc4c(c3c(=O)n2CCCC(N)=O)CCC(C)C4)cc1. The maximum Gasteiger partial charge on any atom is 0.262 e. The molecule has 0 saturated heterocycles. The molecule has 6 heteroatoms. The molecular formula is C22H25N3O2S. The number of nitrogens with zero attached hydrogens (tertiary/aromatic N) is 2. The van der Waals surface area contributed by atoms with E-state index in [1.807, 2.05) is 31.2 Å². The maximum atomic E-state index is 13.5. The minimum atomic E-state index is -0.346. The van der Waals surface area contributed by atoms with E-state index in [1.54, 1.807) is 15.9 Å². The van der Waals surface area contributed by atoms with E-state index >= 15 is 0 Å². The summed E-state index contributed by atoms with van der Waals surface area (Å²) in [7, 11) is 0. The summed E-state index contributed by atoms with van der Waals surface area (Å²) in [6, 6.07) is 8.06. The van der Waals surface area contributed by atoms with Gasteiger partial charge in [0.05, 0.1) is 5.39 Å². The monoisotopic (exact) mass is 395 g/mol. The highest BCUT2D eigenvalue weighted by atomic mass is 32.1. The van der Waals surface area contributed by atoms with Crippen LogP contribution in [0.25, 0.3) is 21.6 Å². The van der Waals surface area contributed by atoms with Crippen LogP contribution in [0.2, 0.25) is 0 Å². The van der Waals surface area contributed by atoms with Crippen LogP contribution in [0.3, 0.4) is 0 Å². The zero-order valence-corrected chi connectivity index (χ0v) is 17.1. The Hall–Kier alpha value is -2.47. The number of aryl methyl sites for hydroxylation is 2. The Morgan fingerprint density at radius 3 is 2.79 bits per heavy atom. The van der Waals surface area contributed by atoms with Gasteiger partial charge in [-0.2, -0.15) is 0 Å². The topological polar surface area (TPSA) is 78.0 Å². The first-order valence-electron chi connectivity index (χ1n) is 9.84. The van der Waals surface area contributed by atoms with E-state index in [-0.39, 0.29) is 17.9 Å². The lowest BCUT2D eigenvalue weighted by molar-refractivity contribution is -0.118. The Morgan fingerprint density at radius 2 is 2.07 bits per heavy atom. The number of amides is 1. The second-order valence-corrected chi connectivity index (χ2v) is 8.94. The van der Waals surface area contributed by atoms with E-state index in [2.05, 4.69) is 6.92 Å². The minimum absolute atomic E-state index is 0.0112. The Bertz CT molecular complexity index is 1100. The molecule has 2 heterocycles. The molecule has 0 aliphatic heterocycles. The highest BCUT2D eigenvalue weighted by molar-refractivity contribution is 7.18. The van der Waals surface area contributed by atoms with Gasteiger partial charge in [0.25, 0.3) is 5.56 Å². The molecular weight excluding hydrogens is 370 g/mol. The van der Waals surface area contributed by atoms with E-state index in [4.69, 9.17) is 10.7 Å². The smallest absolute Gasteiger partial charge is 0.262 e. The molecule has 0 saturated carbocycles. The van der Waals surface area contributed by atoms with Crippen LogP contribution in [0.5, 0.6) is 0 Å². The van der Waals surface area contributed by atoms with Crippen molar-refractivity contribution in [1.29, 1.82) is 0 Å². The van der Waals surface area contributed by atoms with Gasteiger partial charge in [-0.1, -0.05) is 36.8 Å². The van der Waals surface area contributed by atoms with Crippen molar-refractivity contribution in [3.8, 4) is 11.4 Å². The summed E-state index contributed by atoms with van der Waals surface area (Å²) in [6.07, 6.45) is 3.87. The average Bonchev–Trinajstić information content (AvgIpc) is 3.01. The molecule has 146 valence electrons. The second-order valence-electron chi connectivity index (χ2n) is 7.86.